The number of rotatable bonds is 3. The van der Waals surface area contributed by atoms with E-state index in [4.69, 9.17) is 14.7 Å². The predicted octanol–water partition coefficient (Wildman–Crippen LogP) is 12.3. The maximum atomic E-state index is 6.54. The van der Waals surface area contributed by atoms with Gasteiger partial charge in [0.1, 0.15) is 11.5 Å². The Kier molecular flexibility index (Phi) is 6.04. The molecule has 7 aromatic carbocycles. The number of para-hydroxylation sites is 2. The summed E-state index contributed by atoms with van der Waals surface area (Å²) in [5.74, 6) is 2.52. The third kappa shape index (κ3) is 4.05. The average molecular weight is 669 g/mol. The molecule has 3 heterocycles. The Morgan fingerprint density at radius 3 is 1.92 bits per heavy atom. The number of benzene rings is 7. The van der Waals surface area contributed by atoms with Crippen LogP contribution in [-0.2, 0) is 5.41 Å². The molecule has 238 valence electrons. The standard InChI is InChI=1S/C47H28N2OS/c1-2-13-29(14-3-1)30-15-12-16-32(27-30)46-48-43(45-44(49-46)34-18-5-11-24-42(34)51-45)31-25-26-37-35(28-31)33-17-4-6-19-36(33)47(37)38-20-7-9-22-40(38)50-41-23-10-8-21-39(41)47/h1-28H. The summed E-state index contributed by atoms with van der Waals surface area (Å²) in [4.78, 5) is 10.7. The summed E-state index contributed by atoms with van der Waals surface area (Å²) in [5.41, 5.74) is 13.1. The van der Waals surface area contributed by atoms with Gasteiger partial charge in [-0.1, -0.05) is 140 Å². The summed E-state index contributed by atoms with van der Waals surface area (Å²) in [5, 5.41) is 1.16. The monoisotopic (exact) mass is 668 g/mol. The van der Waals surface area contributed by atoms with Crippen LogP contribution in [0.3, 0.4) is 0 Å². The second-order valence-electron chi connectivity index (χ2n) is 13.3. The van der Waals surface area contributed by atoms with Crippen molar-refractivity contribution in [1.29, 1.82) is 0 Å². The van der Waals surface area contributed by atoms with Crippen LogP contribution in [0.25, 0.3) is 65.2 Å². The van der Waals surface area contributed by atoms with Crippen LogP contribution in [-0.4, -0.2) is 9.97 Å². The van der Waals surface area contributed by atoms with Crippen LogP contribution >= 0.6 is 11.3 Å². The SMILES string of the molecule is c1ccc(-c2cccc(-c3nc(-c4ccc5c(c4)-c4ccccc4C54c5ccccc5Oc5ccccc54)c4sc5ccccc5c4n3)c2)cc1. The fourth-order valence-electron chi connectivity index (χ4n) is 8.39. The zero-order valence-corrected chi connectivity index (χ0v) is 28.2. The van der Waals surface area contributed by atoms with Crippen LogP contribution in [0.5, 0.6) is 11.5 Å². The van der Waals surface area contributed by atoms with Gasteiger partial charge in [0.15, 0.2) is 5.82 Å². The fourth-order valence-corrected chi connectivity index (χ4v) is 9.54. The lowest BCUT2D eigenvalue weighted by Gasteiger charge is -2.39. The molecule has 0 N–H and O–H groups in total. The molecule has 0 atom stereocenters. The minimum absolute atomic E-state index is 0.502. The number of thiophene rings is 1. The molecule has 0 radical (unpaired) electrons. The van der Waals surface area contributed by atoms with Gasteiger partial charge in [-0.15, -0.1) is 11.3 Å². The zero-order valence-electron chi connectivity index (χ0n) is 27.4. The van der Waals surface area contributed by atoms with Crippen molar-refractivity contribution < 1.29 is 4.74 Å². The molecular weight excluding hydrogens is 641 g/mol. The highest BCUT2D eigenvalue weighted by Gasteiger charge is 2.51. The van der Waals surface area contributed by atoms with Gasteiger partial charge in [0.05, 0.1) is 21.3 Å². The van der Waals surface area contributed by atoms with Crippen LogP contribution in [0.2, 0.25) is 0 Å². The third-order valence-corrected chi connectivity index (χ3v) is 11.7. The molecule has 1 aliphatic carbocycles. The lowest BCUT2D eigenvalue weighted by Crippen LogP contribution is -2.32. The molecule has 0 unspecified atom stereocenters. The highest BCUT2D eigenvalue weighted by atomic mass is 32.1. The van der Waals surface area contributed by atoms with Crippen LogP contribution in [0.1, 0.15) is 22.3 Å². The van der Waals surface area contributed by atoms with E-state index in [1.165, 1.54) is 32.5 Å². The predicted molar refractivity (Wildman–Crippen MR) is 209 cm³/mol. The van der Waals surface area contributed by atoms with Gasteiger partial charge in [0.2, 0.25) is 0 Å². The first-order valence-electron chi connectivity index (χ1n) is 17.2. The minimum Gasteiger partial charge on any atom is -0.457 e. The van der Waals surface area contributed by atoms with E-state index in [1.807, 2.05) is 0 Å². The van der Waals surface area contributed by atoms with Gasteiger partial charge < -0.3 is 4.74 Å². The van der Waals surface area contributed by atoms with Crippen molar-refractivity contribution in [3.05, 3.63) is 192 Å². The van der Waals surface area contributed by atoms with Crippen molar-refractivity contribution in [2.75, 3.05) is 0 Å². The molecule has 0 amide bonds. The summed E-state index contributed by atoms with van der Waals surface area (Å²) in [6, 6.07) is 60.5. The lowest BCUT2D eigenvalue weighted by molar-refractivity contribution is 0.436. The molecule has 51 heavy (non-hydrogen) atoms. The number of hydrogen-bond acceptors (Lipinski definition) is 4. The second kappa shape index (κ2) is 10.8. The highest BCUT2D eigenvalue weighted by Crippen LogP contribution is 2.62. The molecule has 1 aliphatic heterocycles. The Labute approximate surface area is 299 Å². The van der Waals surface area contributed by atoms with Gasteiger partial charge in [0, 0.05) is 32.3 Å². The summed E-state index contributed by atoms with van der Waals surface area (Å²) in [6.07, 6.45) is 0. The van der Waals surface area contributed by atoms with Crippen LogP contribution in [0, 0.1) is 0 Å². The molecule has 2 aliphatic rings. The quantitative estimate of drug-likeness (QED) is 0.188. The first-order valence-corrected chi connectivity index (χ1v) is 18.1. The minimum atomic E-state index is -0.502. The van der Waals surface area contributed by atoms with E-state index in [2.05, 4.69) is 170 Å². The number of fused-ring (bicyclic) bond motifs is 12. The Hall–Kier alpha value is -6.36. The number of hydrogen-bond donors (Lipinski definition) is 0. The first-order chi connectivity index (χ1) is 25.3. The molecule has 0 saturated carbocycles. The molecular formula is C47H28N2OS. The summed E-state index contributed by atoms with van der Waals surface area (Å²) in [6.45, 7) is 0. The van der Waals surface area contributed by atoms with Gasteiger partial charge in [-0.2, -0.15) is 0 Å². The molecule has 9 aromatic rings. The number of aromatic nitrogens is 2. The first kappa shape index (κ1) is 28.5. The lowest BCUT2D eigenvalue weighted by atomic mass is 9.66. The average Bonchev–Trinajstić information content (AvgIpc) is 3.72. The van der Waals surface area contributed by atoms with Gasteiger partial charge in [-0.25, -0.2) is 9.97 Å². The van der Waals surface area contributed by atoms with Crippen LogP contribution in [0.4, 0.5) is 0 Å². The molecule has 11 rings (SSSR count). The van der Waals surface area contributed by atoms with Crippen molar-refractivity contribution in [3.63, 3.8) is 0 Å². The van der Waals surface area contributed by atoms with Crippen molar-refractivity contribution in [1.82, 2.24) is 9.97 Å². The van der Waals surface area contributed by atoms with Crippen molar-refractivity contribution in [2.45, 2.75) is 5.41 Å². The Bertz CT molecular complexity index is 2810. The summed E-state index contributed by atoms with van der Waals surface area (Å²) < 4.78 is 8.85. The molecule has 0 bridgehead atoms. The summed E-state index contributed by atoms with van der Waals surface area (Å²) in [7, 11) is 0. The van der Waals surface area contributed by atoms with Crippen molar-refractivity contribution in [2.24, 2.45) is 0 Å². The zero-order chi connectivity index (χ0) is 33.5. The van der Waals surface area contributed by atoms with E-state index in [-0.39, 0.29) is 0 Å². The largest absolute Gasteiger partial charge is 0.457 e. The normalized spacial score (nSPS) is 13.4. The van der Waals surface area contributed by atoms with E-state index in [1.54, 1.807) is 11.3 Å². The maximum Gasteiger partial charge on any atom is 0.160 e. The van der Waals surface area contributed by atoms with Gasteiger partial charge in [0.25, 0.3) is 0 Å². The molecule has 4 heteroatoms. The van der Waals surface area contributed by atoms with Crippen LogP contribution < -0.4 is 4.74 Å². The third-order valence-electron chi connectivity index (χ3n) is 10.6. The van der Waals surface area contributed by atoms with E-state index in [0.29, 0.717) is 0 Å². The van der Waals surface area contributed by atoms with E-state index in [9.17, 15) is 0 Å². The van der Waals surface area contributed by atoms with E-state index in [0.717, 1.165) is 66.4 Å². The van der Waals surface area contributed by atoms with E-state index < -0.39 is 5.41 Å². The Morgan fingerprint density at radius 1 is 0.451 bits per heavy atom. The second-order valence-corrected chi connectivity index (χ2v) is 14.3. The topological polar surface area (TPSA) is 35.0 Å². The van der Waals surface area contributed by atoms with Gasteiger partial charge in [-0.05, 0) is 63.7 Å². The van der Waals surface area contributed by atoms with Crippen molar-refractivity contribution >= 4 is 31.6 Å². The highest BCUT2D eigenvalue weighted by molar-refractivity contribution is 7.26. The van der Waals surface area contributed by atoms with Crippen LogP contribution in [0.15, 0.2) is 170 Å². The van der Waals surface area contributed by atoms with Gasteiger partial charge >= 0.3 is 0 Å². The van der Waals surface area contributed by atoms with Gasteiger partial charge in [-0.3, -0.25) is 0 Å². The Morgan fingerprint density at radius 2 is 1.10 bits per heavy atom. The van der Waals surface area contributed by atoms with Crippen molar-refractivity contribution in [3.8, 4) is 56.4 Å². The molecule has 0 saturated heterocycles. The molecule has 0 fully saturated rings. The fraction of sp³-hybridized carbons (Fsp3) is 0.0213. The molecule has 3 nitrogen and oxygen atoms in total. The number of ether oxygens (including phenoxy) is 1. The van der Waals surface area contributed by atoms with E-state index >= 15 is 0 Å². The maximum absolute atomic E-state index is 6.54. The molecule has 1 spiro atoms. The Balaban J connectivity index is 1.17. The molecule has 2 aromatic heterocycles. The number of nitrogens with zero attached hydrogens (tertiary/aromatic N) is 2. The summed E-state index contributed by atoms with van der Waals surface area (Å²) >= 11 is 1.77. The smallest absolute Gasteiger partial charge is 0.160 e.